The van der Waals surface area contributed by atoms with Crippen molar-refractivity contribution < 1.29 is 6.22 Å². The third kappa shape index (κ3) is 1.89. The van der Waals surface area contributed by atoms with E-state index in [4.69, 9.17) is 0 Å². The number of Topliss-reactive ketones (excluding diaryl/α,β-unsaturated/α-hetero) is 1. The SMILES string of the molecule is C[C@]12CCCCC1CCC1C2CC[C@]23CCCC(=O)[C@H]2CCC13.[HH]. The van der Waals surface area contributed by atoms with Crippen LogP contribution in [0.25, 0.3) is 0 Å². The summed E-state index contributed by atoms with van der Waals surface area (Å²) >= 11 is 0. The van der Waals surface area contributed by atoms with Crippen molar-refractivity contribution in [1.29, 1.82) is 0 Å². The van der Waals surface area contributed by atoms with Crippen molar-refractivity contribution >= 4 is 5.78 Å². The minimum atomic E-state index is 0. The van der Waals surface area contributed by atoms with Gasteiger partial charge in [-0.05, 0) is 98.7 Å². The lowest BCUT2D eigenvalue weighted by atomic mass is 9.43. The summed E-state index contributed by atoms with van der Waals surface area (Å²) in [7, 11) is 0. The van der Waals surface area contributed by atoms with Crippen molar-refractivity contribution in [3.63, 3.8) is 0 Å². The quantitative estimate of drug-likeness (QED) is 0.534. The van der Waals surface area contributed by atoms with Crippen molar-refractivity contribution in [1.82, 2.24) is 0 Å². The van der Waals surface area contributed by atoms with Gasteiger partial charge in [0.1, 0.15) is 5.78 Å². The van der Waals surface area contributed by atoms with Gasteiger partial charge in [0, 0.05) is 13.8 Å². The fourth-order valence-electron chi connectivity index (χ4n) is 8.84. The predicted molar refractivity (Wildman–Crippen MR) is 95.1 cm³/mol. The van der Waals surface area contributed by atoms with Gasteiger partial charge < -0.3 is 0 Å². The Morgan fingerprint density at radius 2 is 1.78 bits per heavy atom. The van der Waals surface area contributed by atoms with Gasteiger partial charge in [0.15, 0.2) is 0 Å². The largest absolute Gasteiger partial charge is 0.299 e. The van der Waals surface area contributed by atoms with E-state index in [9.17, 15) is 4.79 Å². The van der Waals surface area contributed by atoms with Crippen LogP contribution in [-0.2, 0) is 4.79 Å². The van der Waals surface area contributed by atoms with E-state index >= 15 is 0 Å². The van der Waals surface area contributed by atoms with Crippen LogP contribution in [0.4, 0.5) is 0 Å². The van der Waals surface area contributed by atoms with Crippen LogP contribution >= 0.6 is 0 Å². The smallest absolute Gasteiger partial charge is 0.136 e. The molecule has 4 unspecified atom stereocenters. The molecule has 0 aliphatic heterocycles. The van der Waals surface area contributed by atoms with Gasteiger partial charge in [-0.25, -0.2) is 0 Å². The molecule has 0 aromatic rings. The van der Waals surface area contributed by atoms with Crippen LogP contribution in [0.2, 0.25) is 0 Å². The van der Waals surface area contributed by atoms with Gasteiger partial charge in [-0.2, -0.15) is 0 Å². The first-order valence-electron chi connectivity index (χ1n) is 10.7. The highest BCUT2D eigenvalue weighted by Crippen LogP contribution is 2.69. The van der Waals surface area contributed by atoms with Gasteiger partial charge in [0.25, 0.3) is 0 Å². The van der Waals surface area contributed by atoms with E-state index in [2.05, 4.69) is 6.92 Å². The van der Waals surface area contributed by atoms with E-state index in [0.29, 0.717) is 22.5 Å². The van der Waals surface area contributed by atoms with Crippen molar-refractivity contribution in [3.8, 4) is 0 Å². The van der Waals surface area contributed by atoms with Crippen molar-refractivity contribution in [2.75, 3.05) is 0 Å². The van der Waals surface area contributed by atoms with Crippen LogP contribution in [0.3, 0.4) is 0 Å². The Morgan fingerprint density at radius 3 is 2.70 bits per heavy atom. The fraction of sp³-hybridized carbons (Fsp3) is 0.955. The molecule has 1 heteroatoms. The summed E-state index contributed by atoms with van der Waals surface area (Å²) in [6.07, 6.45) is 17.9. The lowest BCUT2D eigenvalue weighted by Crippen LogP contribution is -2.54. The normalized spacial score (nSPS) is 55.5. The second-order valence-electron chi connectivity index (χ2n) is 10.1. The Bertz CT molecular complexity index is 516. The molecule has 5 fully saturated rings. The highest BCUT2D eigenvalue weighted by Gasteiger charge is 2.62. The molecule has 0 heterocycles. The molecule has 1 spiro atoms. The average molecular weight is 317 g/mol. The summed E-state index contributed by atoms with van der Waals surface area (Å²) in [6.45, 7) is 2.67. The highest BCUT2D eigenvalue weighted by atomic mass is 16.1. The molecule has 0 saturated heterocycles. The Kier molecular flexibility index (Phi) is 3.31. The first-order chi connectivity index (χ1) is 11.2. The maximum Gasteiger partial charge on any atom is 0.136 e. The van der Waals surface area contributed by atoms with Gasteiger partial charge in [-0.1, -0.05) is 19.8 Å². The lowest BCUT2D eigenvalue weighted by molar-refractivity contribution is -0.144. The molecule has 5 rings (SSSR count). The zero-order valence-electron chi connectivity index (χ0n) is 15.0. The van der Waals surface area contributed by atoms with E-state index in [1.165, 1.54) is 77.0 Å². The predicted octanol–water partition coefficient (Wildman–Crippen LogP) is 6.01. The monoisotopic (exact) mass is 316 g/mol. The summed E-state index contributed by atoms with van der Waals surface area (Å²) in [6, 6.07) is 0. The first kappa shape index (κ1) is 15.0. The summed E-state index contributed by atoms with van der Waals surface area (Å²) < 4.78 is 0. The molecule has 5 aliphatic rings. The molecule has 0 amide bonds. The number of hydrogen-bond donors (Lipinski definition) is 0. The number of ketones is 1. The van der Waals surface area contributed by atoms with Gasteiger partial charge in [0.2, 0.25) is 0 Å². The Balaban J connectivity index is 0.00000146. The van der Waals surface area contributed by atoms with Gasteiger partial charge in [0.05, 0.1) is 0 Å². The third-order valence-electron chi connectivity index (χ3n) is 9.75. The Labute approximate surface area is 143 Å². The lowest BCUT2D eigenvalue weighted by Gasteiger charge is -2.61. The molecule has 0 N–H and O–H groups in total. The average Bonchev–Trinajstić information content (AvgIpc) is 2.95. The van der Waals surface area contributed by atoms with E-state index < -0.39 is 0 Å². The fourth-order valence-corrected chi connectivity index (χ4v) is 8.84. The van der Waals surface area contributed by atoms with E-state index in [0.717, 1.165) is 30.1 Å². The van der Waals surface area contributed by atoms with Crippen molar-refractivity contribution in [2.24, 2.45) is 40.4 Å². The second-order valence-corrected chi connectivity index (χ2v) is 10.1. The van der Waals surface area contributed by atoms with Gasteiger partial charge in [-0.3, -0.25) is 4.79 Å². The number of rotatable bonds is 0. The summed E-state index contributed by atoms with van der Waals surface area (Å²) in [5.74, 6) is 5.02. The van der Waals surface area contributed by atoms with Gasteiger partial charge in [-0.15, -0.1) is 0 Å². The summed E-state index contributed by atoms with van der Waals surface area (Å²) in [5, 5.41) is 0. The molecule has 1 nitrogen and oxygen atoms in total. The molecule has 5 saturated carbocycles. The molecule has 23 heavy (non-hydrogen) atoms. The molecular weight excluding hydrogens is 280 g/mol. The minimum absolute atomic E-state index is 0. The van der Waals surface area contributed by atoms with Crippen molar-refractivity contribution in [2.45, 2.75) is 90.4 Å². The Morgan fingerprint density at radius 1 is 0.870 bits per heavy atom. The van der Waals surface area contributed by atoms with Crippen LogP contribution < -0.4 is 0 Å². The molecule has 0 bridgehead atoms. The van der Waals surface area contributed by atoms with E-state index in [-0.39, 0.29) is 1.43 Å². The number of hydrogen-bond acceptors (Lipinski definition) is 1. The molecule has 0 aromatic carbocycles. The Hall–Kier alpha value is -0.330. The maximum atomic E-state index is 12.6. The molecule has 0 radical (unpaired) electrons. The van der Waals surface area contributed by atoms with Crippen LogP contribution in [0.5, 0.6) is 0 Å². The minimum Gasteiger partial charge on any atom is -0.299 e. The molecular formula is C22H36O. The molecule has 5 aliphatic carbocycles. The zero-order valence-corrected chi connectivity index (χ0v) is 15.0. The van der Waals surface area contributed by atoms with Crippen molar-refractivity contribution in [3.05, 3.63) is 0 Å². The second kappa shape index (κ2) is 5.09. The van der Waals surface area contributed by atoms with Crippen LogP contribution in [0, 0.1) is 40.4 Å². The molecule has 130 valence electrons. The number of carbonyl (C=O) groups excluding carboxylic acids is 1. The molecule has 7 atom stereocenters. The maximum absolute atomic E-state index is 12.6. The molecule has 0 aromatic heterocycles. The van der Waals surface area contributed by atoms with Crippen LogP contribution in [0.1, 0.15) is 91.8 Å². The summed E-state index contributed by atoms with van der Waals surface area (Å²) in [5.41, 5.74) is 1.12. The summed E-state index contributed by atoms with van der Waals surface area (Å²) in [4.78, 5) is 12.6. The van der Waals surface area contributed by atoms with E-state index in [1.54, 1.807) is 0 Å². The topological polar surface area (TPSA) is 17.1 Å². The number of carbonyl (C=O) groups is 1. The zero-order chi connectivity index (χ0) is 15.7. The van der Waals surface area contributed by atoms with E-state index in [1.807, 2.05) is 0 Å². The number of fused-ring (bicyclic) bond motifs is 4. The van der Waals surface area contributed by atoms with Crippen LogP contribution in [-0.4, -0.2) is 5.78 Å². The first-order valence-corrected chi connectivity index (χ1v) is 10.7. The third-order valence-corrected chi connectivity index (χ3v) is 9.75. The highest BCUT2D eigenvalue weighted by molar-refractivity contribution is 5.83. The standard InChI is InChI=1S/C22H34O.H2/c1-21-12-3-2-5-15(21)7-8-16-17(21)11-14-22-13-4-6-20(23)19(22)10-9-18(16)22;/h15-19H,2-14H2,1H3;1H/t15?,16?,17?,18?,19-,21+,22+;/m1./s1. The van der Waals surface area contributed by atoms with Gasteiger partial charge >= 0.3 is 0 Å². The van der Waals surface area contributed by atoms with Crippen LogP contribution in [0.15, 0.2) is 0 Å².